The summed E-state index contributed by atoms with van der Waals surface area (Å²) in [6, 6.07) is 3.37. The van der Waals surface area contributed by atoms with Gasteiger partial charge in [-0.15, -0.1) is 0 Å². The molecule has 0 bridgehead atoms. The van der Waals surface area contributed by atoms with Gasteiger partial charge in [-0.25, -0.2) is 9.78 Å². The topological polar surface area (TPSA) is 85.8 Å². The van der Waals surface area contributed by atoms with Gasteiger partial charge >= 0.3 is 5.97 Å². The fourth-order valence-corrected chi connectivity index (χ4v) is 2.57. The number of hydrogen-bond donors (Lipinski definition) is 0. The Morgan fingerprint density at radius 2 is 2.22 bits per heavy atom. The highest BCUT2D eigenvalue weighted by Crippen LogP contribution is 2.23. The van der Waals surface area contributed by atoms with Crippen molar-refractivity contribution in [3.63, 3.8) is 0 Å². The van der Waals surface area contributed by atoms with E-state index in [2.05, 4.69) is 4.98 Å². The molecule has 2 aromatic rings. The summed E-state index contributed by atoms with van der Waals surface area (Å²) in [5.74, 6) is 0.187. The molecule has 23 heavy (non-hydrogen) atoms. The van der Waals surface area contributed by atoms with Crippen molar-refractivity contribution in [3.8, 4) is 11.5 Å². The van der Waals surface area contributed by atoms with Crippen molar-refractivity contribution in [1.82, 2.24) is 9.88 Å². The molecule has 7 heteroatoms. The van der Waals surface area contributed by atoms with Gasteiger partial charge in [0.05, 0.1) is 12.8 Å². The third-order valence-corrected chi connectivity index (χ3v) is 3.77. The van der Waals surface area contributed by atoms with Crippen LogP contribution in [0.4, 0.5) is 0 Å². The second-order valence-electron chi connectivity index (χ2n) is 5.33. The van der Waals surface area contributed by atoms with Crippen molar-refractivity contribution in [2.45, 2.75) is 25.7 Å². The van der Waals surface area contributed by atoms with Crippen molar-refractivity contribution in [2.75, 3.05) is 19.7 Å². The minimum atomic E-state index is -0.590. The predicted octanol–water partition coefficient (Wildman–Crippen LogP) is 2.49. The molecule has 1 aliphatic heterocycles. The van der Waals surface area contributed by atoms with Crippen LogP contribution >= 0.6 is 0 Å². The van der Waals surface area contributed by atoms with E-state index in [1.165, 1.54) is 12.7 Å². The predicted molar refractivity (Wildman–Crippen MR) is 79.5 cm³/mol. The summed E-state index contributed by atoms with van der Waals surface area (Å²) < 4.78 is 15.6. The molecule has 0 saturated carbocycles. The summed E-state index contributed by atoms with van der Waals surface area (Å²) in [7, 11) is 0. The normalized spacial score (nSPS) is 15.5. The van der Waals surface area contributed by atoms with E-state index in [0.717, 1.165) is 25.8 Å². The maximum absolute atomic E-state index is 12.1. The number of furan rings is 1. The molecule has 0 N–H and O–H groups in total. The van der Waals surface area contributed by atoms with Crippen LogP contribution in [-0.4, -0.2) is 41.5 Å². The average molecular weight is 318 g/mol. The molecule has 1 aliphatic rings. The van der Waals surface area contributed by atoms with Gasteiger partial charge in [-0.2, -0.15) is 0 Å². The lowest BCUT2D eigenvalue weighted by molar-refractivity contribution is -0.131. The standard InChI is InChI=1S/C16H18N2O5/c19-13-6-2-1-3-7-18(13)8-10-22-16(20)14-15(23-11-17-14)12-5-4-9-21-12/h4-5,9,11H,1-3,6-8,10H2. The molecule has 0 spiro atoms. The van der Waals surface area contributed by atoms with Crippen LogP contribution in [0, 0.1) is 0 Å². The van der Waals surface area contributed by atoms with Gasteiger partial charge < -0.3 is 18.5 Å². The molecular formula is C16H18N2O5. The minimum Gasteiger partial charge on any atom is -0.461 e. The number of hydrogen-bond acceptors (Lipinski definition) is 6. The van der Waals surface area contributed by atoms with Crippen LogP contribution in [0.15, 0.2) is 33.6 Å². The molecule has 1 saturated heterocycles. The van der Waals surface area contributed by atoms with Crippen LogP contribution in [0.25, 0.3) is 11.5 Å². The Morgan fingerprint density at radius 3 is 3.04 bits per heavy atom. The highest BCUT2D eigenvalue weighted by Gasteiger charge is 2.22. The van der Waals surface area contributed by atoms with Gasteiger partial charge in [0, 0.05) is 13.0 Å². The first-order valence-corrected chi connectivity index (χ1v) is 7.68. The Hall–Kier alpha value is -2.57. The number of amides is 1. The second-order valence-corrected chi connectivity index (χ2v) is 5.33. The highest BCUT2D eigenvalue weighted by atomic mass is 16.5. The summed E-state index contributed by atoms with van der Waals surface area (Å²) in [6.07, 6.45) is 6.21. The quantitative estimate of drug-likeness (QED) is 0.787. The Labute approximate surface area is 133 Å². The van der Waals surface area contributed by atoms with E-state index < -0.39 is 5.97 Å². The lowest BCUT2D eigenvalue weighted by Crippen LogP contribution is -2.33. The van der Waals surface area contributed by atoms with Crippen molar-refractivity contribution in [1.29, 1.82) is 0 Å². The molecule has 0 unspecified atom stereocenters. The fraction of sp³-hybridized carbons (Fsp3) is 0.438. The first-order valence-electron chi connectivity index (χ1n) is 7.68. The third kappa shape index (κ3) is 3.61. The maximum Gasteiger partial charge on any atom is 0.361 e. The van der Waals surface area contributed by atoms with Crippen molar-refractivity contribution in [3.05, 3.63) is 30.5 Å². The molecule has 122 valence electrons. The van der Waals surface area contributed by atoms with E-state index in [9.17, 15) is 9.59 Å². The molecule has 3 rings (SSSR count). The number of likely N-dealkylation sites (tertiary alicyclic amines) is 1. The van der Waals surface area contributed by atoms with E-state index in [-0.39, 0.29) is 24.0 Å². The van der Waals surface area contributed by atoms with E-state index >= 15 is 0 Å². The number of rotatable bonds is 5. The minimum absolute atomic E-state index is 0.0714. The van der Waals surface area contributed by atoms with Gasteiger partial charge in [-0.1, -0.05) is 6.42 Å². The van der Waals surface area contributed by atoms with E-state index in [1.54, 1.807) is 17.0 Å². The third-order valence-electron chi connectivity index (χ3n) is 3.77. The lowest BCUT2D eigenvalue weighted by Gasteiger charge is -2.19. The van der Waals surface area contributed by atoms with Gasteiger partial charge in [0.1, 0.15) is 6.61 Å². The van der Waals surface area contributed by atoms with Crippen molar-refractivity contribution >= 4 is 11.9 Å². The number of oxazole rings is 1. The molecule has 0 aliphatic carbocycles. The first-order chi connectivity index (χ1) is 11.3. The van der Waals surface area contributed by atoms with Crippen LogP contribution in [0.5, 0.6) is 0 Å². The fourth-order valence-electron chi connectivity index (χ4n) is 2.57. The molecule has 3 heterocycles. The molecule has 0 aromatic carbocycles. The number of nitrogens with zero attached hydrogens (tertiary/aromatic N) is 2. The highest BCUT2D eigenvalue weighted by molar-refractivity contribution is 5.92. The monoisotopic (exact) mass is 318 g/mol. The molecule has 0 radical (unpaired) electrons. The van der Waals surface area contributed by atoms with Gasteiger partial charge in [-0.05, 0) is 25.0 Å². The summed E-state index contributed by atoms with van der Waals surface area (Å²) in [5, 5.41) is 0. The summed E-state index contributed by atoms with van der Waals surface area (Å²) >= 11 is 0. The molecule has 1 fully saturated rings. The molecular weight excluding hydrogens is 300 g/mol. The lowest BCUT2D eigenvalue weighted by atomic mass is 10.2. The van der Waals surface area contributed by atoms with Crippen LogP contribution in [0.1, 0.15) is 36.2 Å². The van der Waals surface area contributed by atoms with Crippen LogP contribution in [0.2, 0.25) is 0 Å². The van der Waals surface area contributed by atoms with E-state index in [1.807, 2.05) is 0 Å². The number of esters is 1. The Balaban J connectivity index is 1.56. The molecule has 1 amide bonds. The van der Waals surface area contributed by atoms with E-state index in [4.69, 9.17) is 13.6 Å². The Kier molecular flexibility index (Phi) is 4.75. The largest absolute Gasteiger partial charge is 0.461 e. The van der Waals surface area contributed by atoms with Gasteiger partial charge in [0.15, 0.2) is 17.8 Å². The molecule has 2 aromatic heterocycles. The van der Waals surface area contributed by atoms with Gasteiger partial charge in [-0.3, -0.25) is 4.79 Å². The average Bonchev–Trinajstić information content (AvgIpc) is 3.19. The zero-order chi connectivity index (χ0) is 16.1. The zero-order valence-corrected chi connectivity index (χ0v) is 12.7. The number of carbonyl (C=O) groups is 2. The van der Waals surface area contributed by atoms with E-state index in [0.29, 0.717) is 18.7 Å². The van der Waals surface area contributed by atoms with Gasteiger partial charge in [0.25, 0.3) is 0 Å². The molecule has 7 nitrogen and oxygen atoms in total. The smallest absolute Gasteiger partial charge is 0.361 e. The maximum atomic E-state index is 12.1. The first kappa shape index (κ1) is 15.3. The van der Waals surface area contributed by atoms with Crippen LogP contribution in [0.3, 0.4) is 0 Å². The SMILES string of the molecule is O=C(OCCN1CCCCCC1=O)c1ncoc1-c1ccco1. The second kappa shape index (κ2) is 7.13. The summed E-state index contributed by atoms with van der Waals surface area (Å²) in [6.45, 7) is 1.26. The van der Waals surface area contributed by atoms with Crippen molar-refractivity contribution in [2.24, 2.45) is 0 Å². The Morgan fingerprint density at radius 1 is 1.30 bits per heavy atom. The molecule has 0 atom stereocenters. The number of ether oxygens (including phenoxy) is 1. The Bertz CT molecular complexity index is 662. The zero-order valence-electron chi connectivity index (χ0n) is 12.7. The van der Waals surface area contributed by atoms with Crippen molar-refractivity contribution < 1.29 is 23.2 Å². The summed E-state index contributed by atoms with van der Waals surface area (Å²) in [4.78, 5) is 29.6. The van der Waals surface area contributed by atoms with Crippen LogP contribution < -0.4 is 0 Å². The number of aromatic nitrogens is 1. The van der Waals surface area contributed by atoms with Gasteiger partial charge in [0.2, 0.25) is 11.7 Å². The summed E-state index contributed by atoms with van der Waals surface area (Å²) in [5.41, 5.74) is 0.0714. The number of carbonyl (C=O) groups excluding carboxylic acids is 2. The van der Waals surface area contributed by atoms with Crippen LogP contribution in [-0.2, 0) is 9.53 Å².